The molecule has 0 aliphatic carbocycles. The van der Waals surface area contributed by atoms with Crippen LogP contribution in [0.2, 0.25) is 0 Å². The van der Waals surface area contributed by atoms with E-state index in [4.69, 9.17) is 4.74 Å². The van der Waals surface area contributed by atoms with Gasteiger partial charge in [-0.3, -0.25) is 4.79 Å². The van der Waals surface area contributed by atoms with E-state index < -0.39 is 5.82 Å². The molecule has 20 heavy (non-hydrogen) atoms. The third-order valence-corrected chi connectivity index (χ3v) is 3.36. The summed E-state index contributed by atoms with van der Waals surface area (Å²) >= 11 is 0. The molecular weight excluding hydrogens is 255 g/mol. The summed E-state index contributed by atoms with van der Waals surface area (Å²) in [4.78, 5) is 12.4. The van der Waals surface area contributed by atoms with Crippen molar-refractivity contribution in [2.75, 3.05) is 7.11 Å². The molecule has 0 fully saturated rings. The number of benzene rings is 2. The zero-order chi connectivity index (χ0) is 14.9. The average molecular weight is 272 g/mol. The molecule has 0 radical (unpaired) electrons. The summed E-state index contributed by atoms with van der Waals surface area (Å²) in [6.45, 7) is 5.39. The van der Waals surface area contributed by atoms with Crippen LogP contribution < -0.4 is 4.74 Å². The minimum Gasteiger partial charge on any atom is -0.496 e. The Labute approximate surface area is 118 Å². The number of hydrogen-bond donors (Lipinski definition) is 0. The summed E-state index contributed by atoms with van der Waals surface area (Å²) in [7, 11) is 1.59. The van der Waals surface area contributed by atoms with E-state index in [1.165, 1.54) is 6.07 Å². The fourth-order valence-corrected chi connectivity index (χ4v) is 2.38. The quantitative estimate of drug-likeness (QED) is 0.790. The summed E-state index contributed by atoms with van der Waals surface area (Å²) < 4.78 is 19.3. The van der Waals surface area contributed by atoms with Gasteiger partial charge in [0, 0.05) is 5.56 Å². The number of ether oxygens (including phenoxy) is 1. The highest BCUT2D eigenvalue weighted by Gasteiger charge is 2.17. The van der Waals surface area contributed by atoms with Gasteiger partial charge >= 0.3 is 0 Å². The second-order valence-electron chi connectivity index (χ2n) is 4.91. The lowest BCUT2D eigenvalue weighted by molar-refractivity contribution is 0.103. The van der Waals surface area contributed by atoms with Gasteiger partial charge in [-0.25, -0.2) is 4.39 Å². The van der Waals surface area contributed by atoms with Gasteiger partial charge in [-0.1, -0.05) is 12.1 Å². The molecule has 0 bridgehead atoms. The Hall–Kier alpha value is -2.16. The standard InChI is InChI=1S/C17H17FO2/c1-10-6-5-7-14(15(10)18)16(19)13-8-11(2)17(20-4)12(3)9-13/h5-9H,1-4H3. The Balaban J connectivity index is 2.52. The van der Waals surface area contributed by atoms with Crippen molar-refractivity contribution < 1.29 is 13.9 Å². The second-order valence-corrected chi connectivity index (χ2v) is 4.91. The summed E-state index contributed by atoms with van der Waals surface area (Å²) in [6, 6.07) is 8.32. The van der Waals surface area contributed by atoms with Gasteiger partial charge in [0.1, 0.15) is 11.6 Å². The normalized spacial score (nSPS) is 10.4. The third kappa shape index (κ3) is 2.44. The SMILES string of the molecule is COc1c(C)cc(C(=O)c2cccc(C)c2F)cc1C. The van der Waals surface area contributed by atoms with Crippen LogP contribution in [0.25, 0.3) is 0 Å². The van der Waals surface area contributed by atoms with Gasteiger partial charge in [0.05, 0.1) is 12.7 Å². The maximum atomic E-state index is 14.0. The Morgan fingerprint density at radius 3 is 2.20 bits per heavy atom. The van der Waals surface area contributed by atoms with E-state index in [9.17, 15) is 9.18 Å². The predicted molar refractivity (Wildman–Crippen MR) is 77.0 cm³/mol. The van der Waals surface area contributed by atoms with Crippen molar-refractivity contribution >= 4 is 5.78 Å². The fourth-order valence-electron chi connectivity index (χ4n) is 2.38. The Kier molecular flexibility index (Phi) is 3.89. The number of rotatable bonds is 3. The number of carbonyl (C=O) groups excluding carboxylic acids is 1. The number of methoxy groups -OCH3 is 1. The van der Waals surface area contributed by atoms with Crippen LogP contribution in [0.1, 0.15) is 32.6 Å². The molecular formula is C17H17FO2. The average Bonchev–Trinajstić information content (AvgIpc) is 2.41. The van der Waals surface area contributed by atoms with Crippen LogP contribution in [0.5, 0.6) is 5.75 Å². The lowest BCUT2D eigenvalue weighted by Gasteiger charge is -2.11. The Morgan fingerprint density at radius 2 is 1.65 bits per heavy atom. The van der Waals surface area contributed by atoms with Crippen molar-refractivity contribution in [1.82, 2.24) is 0 Å². The molecule has 0 saturated carbocycles. The summed E-state index contributed by atoms with van der Waals surface area (Å²) in [5.41, 5.74) is 2.78. The molecule has 0 N–H and O–H groups in total. The van der Waals surface area contributed by atoms with E-state index in [1.807, 2.05) is 13.8 Å². The van der Waals surface area contributed by atoms with E-state index in [-0.39, 0.29) is 11.3 Å². The molecule has 0 saturated heterocycles. The fraction of sp³-hybridized carbons (Fsp3) is 0.235. The highest BCUT2D eigenvalue weighted by Crippen LogP contribution is 2.26. The zero-order valence-electron chi connectivity index (χ0n) is 12.1. The molecule has 104 valence electrons. The number of hydrogen-bond acceptors (Lipinski definition) is 2. The van der Waals surface area contributed by atoms with Crippen LogP contribution in [0, 0.1) is 26.6 Å². The first-order chi connectivity index (χ1) is 9.45. The lowest BCUT2D eigenvalue weighted by atomic mass is 9.97. The Morgan fingerprint density at radius 1 is 1.05 bits per heavy atom. The van der Waals surface area contributed by atoms with Crippen LogP contribution in [0.4, 0.5) is 4.39 Å². The highest BCUT2D eigenvalue weighted by molar-refractivity contribution is 6.09. The maximum absolute atomic E-state index is 14.0. The highest BCUT2D eigenvalue weighted by atomic mass is 19.1. The monoisotopic (exact) mass is 272 g/mol. The van der Waals surface area contributed by atoms with Crippen molar-refractivity contribution in [3.63, 3.8) is 0 Å². The van der Waals surface area contributed by atoms with E-state index in [2.05, 4.69) is 0 Å². The van der Waals surface area contributed by atoms with Crippen LogP contribution in [0.15, 0.2) is 30.3 Å². The van der Waals surface area contributed by atoms with Gasteiger partial charge in [-0.2, -0.15) is 0 Å². The van der Waals surface area contributed by atoms with E-state index in [0.717, 1.165) is 16.9 Å². The number of halogens is 1. The summed E-state index contributed by atoms with van der Waals surface area (Å²) in [6.07, 6.45) is 0. The smallest absolute Gasteiger partial charge is 0.196 e. The first-order valence-corrected chi connectivity index (χ1v) is 6.40. The largest absolute Gasteiger partial charge is 0.496 e. The maximum Gasteiger partial charge on any atom is 0.196 e. The molecule has 2 rings (SSSR count). The van der Waals surface area contributed by atoms with Gasteiger partial charge in [-0.05, 0) is 55.7 Å². The molecule has 0 heterocycles. The van der Waals surface area contributed by atoms with Crippen LogP contribution in [-0.2, 0) is 0 Å². The van der Waals surface area contributed by atoms with E-state index >= 15 is 0 Å². The minimum atomic E-state index is -0.455. The molecule has 2 nitrogen and oxygen atoms in total. The molecule has 0 unspecified atom stereocenters. The number of carbonyl (C=O) groups is 1. The molecule has 2 aromatic rings. The van der Waals surface area contributed by atoms with Gasteiger partial charge < -0.3 is 4.74 Å². The number of aryl methyl sites for hydroxylation is 3. The molecule has 2 aromatic carbocycles. The van der Waals surface area contributed by atoms with Crippen LogP contribution in [0.3, 0.4) is 0 Å². The molecule has 0 aliphatic rings. The van der Waals surface area contributed by atoms with Crippen molar-refractivity contribution in [3.05, 3.63) is 64.0 Å². The predicted octanol–water partition coefficient (Wildman–Crippen LogP) is 3.99. The zero-order valence-corrected chi connectivity index (χ0v) is 12.1. The second kappa shape index (κ2) is 5.45. The van der Waals surface area contributed by atoms with Gasteiger partial charge in [0.2, 0.25) is 0 Å². The first-order valence-electron chi connectivity index (χ1n) is 6.40. The summed E-state index contributed by atoms with van der Waals surface area (Å²) in [5.74, 6) is -0.00468. The minimum absolute atomic E-state index is 0.106. The molecule has 0 spiro atoms. The third-order valence-electron chi connectivity index (χ3n) is 3.36. The molecule has 0 aromatic heterocycles. The topological polar surface area (TPSA) is 26.3 Å². The molecule has 3 heteroatoms. The van der Waals surface area contributed by atoms with E-state index in [1.54, 1.807) is 38.3 Å². The van der Waals surface area contributed by atoms with Crippen LogP contribution in [-0.4, -0.2) is 12.9 Å². The van der Waals surface area contributed by atoms with Gasteiger partial charge in [0.15, 0.2) is 5.78 Å². The van der Waals surface area contributed by atoms with E-state index in [0.29, 0.717) is 11.1 Å². The van der Waals surface area contributed by atoms with Crippen molar-refractivity contribution in [2.45, 2.75) is 20.8 Å². The van der Waals surface area contributed by atoms with Crippen molar-refractivity contribution in [1.29, 1.82) is 0 Å². The molecule has 0 amide bonds. The van der Waals surface area contributed by atoms with Crippen LogP contribution >= 0.6 is 0 Å². The van der Waals surface area contributed by atoms with Crippen molar-refractivity contribution in [3.8, 4) is 5.75 Å². The lowest BCUT2D eigenvalue weighted by Crippen LogP contribution is -2.07. The summed E-state index contributed by atoms with van der Waals surface area (Å²) in [5, 5.41) is 0. The van der Waals surface area contributed by atoms with Gasteiger partial charge in [0.25, 0.3) is 0 Å². The van der Waals surface area contributed by atoms with Gasteiger partial charge in [-0.15, -0.1) is 0 Å². The molecule has 0 aliphatic heterocycles. The molecule has 0 atom stereocenters. The first kappa shape index (κ1) is 14.3. The van der Waals surface area contributed by atoms with Crippen molar-refractivity contribution in [2.24, 2.45) is 0 Å². The number of ketones is 1. The Bertz CT molecular complexity index is 652.